The van der Waals surface area contributed by atoms with Gasteiger partial charge >= 0.3 is 0 Å². The molecule has 0 aliphatic heterocycles. The van der Waals surface area contributed by atoms with E-state index < -0.39 is 0 Å². The molecule has 0 aliphatic rings. The van der Waals surface area contributed by atoms with E-state index in [1.165, 1.54) is 0 Å². The predicted octanol–water partition coefficient (Wildman–Crippen LogP) is 4.16. The normalized spacial score (nSPS) is 12.2. The van der Waals surface area contributed by atoms with Crippen LogP contribution in [0.15, 0.2) is 40.8 Å². The monoisotopic (exact) mass is 297 g/mol. The largest absolute Gasteiger partial charge is 0.454 e. The molecule has 19 heavy (non-hydrogen) atoms. The lowest BCUT2D eigenvalue weighted by Gasteiger charge is -2.05. The minimum absolute atomic E-state index is 0.245. The number of carbonyl (C=O) groups is 1. The number of nitrogens with one attached hydrogen (secondary N) is 1. The van der Waals surface area contributed by atoms with Crippen LogP contribution in [0.3, 0.4) is 0 Å². The number of hydrogen-bond acceptors (Lipinski definition) is 2. The summed E-state index contributed by atoms with van der Waals surface area (Å²) in [4.78, 5) is 11.9. The van der Waals surface area contributed by atoms with Gasteiger partial charge in [-0.05, 0) is 30.7 Å². The molecule has 0 radical (unpaired) electrons. The van der Waals surface area contributed by atoms with Crippen molar-refractivity contribution >= 4 is 29.1 Å². The average Bonchev–Trinajstić information content (AvgIpc) is 2.87. The molecule has 2 rings (SSSR count). The number of carbonyl (C=O) groups excluding carboxylic acids is 1. The molecule has 0 bridgehead atoms. The van der Waals surface area contributed by atoms with Crippen LogP contribution >= 0.6 is 23.2 Å². The van der Waals surface area contributed by atoms with Gasteiger partial charge in [0, 0.05) is 11.6 Å². The maximum absolute atomic E-state index is 11.9. The average molecular weight is 298 g/mol. The summed E-state index contributed by atoms with van der Waals surface area (Å²) in [5.41, 5.74) is 0.856. The van der Waals surface area contributed by atoms with Crippen molar-refractivity contribution in [2.45, 2.75) is 18.8 Å². The van der Waals surface area contributed by atoms with Gasteiger partial charge < -0.3 is 9.73 Å². The van der Waals surface area contributed by atoms with Gasteiger partial charge in [-0.2, -0.15) is 0 Å². The second-order valence-corrected chi connectivity index (χ2v) is 5.15. The highest BCUT2D eigenvalue weighted by Gasteiger charge is 2.13. The van der Waals surface area contributed by atoms with Crippen molar-refractivity contribution in [2.75, 3.05) is 0 Å². The molecule has 0 fully saturated rings. The molecule has 0 spiro atoms. The third-order valence-electron chi connectivity index (χ3n) is 2.64. The molecule has 1 atom stereocenters. The van der Waals surface area contributed by atoms with Gasteiger partial charge in [-0.1, -0.05) is 29.8 Å². The van der Waals surface area contributed by atoms with Crippen LogP contribution in [0.1, 0.15) is 34.2 Å². The highest BCUT2D eigenvalue weighted by atomic mass is 35.5. The minimum Gasteiger partial charge on any atom is -0.454 e. The molecule has 0 saturated heterocycles. The Labute approximate surface area is 121 Å². The van der Waals surface area contributed by atoms with Gasteiger partial charge in [0.05, 0.1) is 5.38 Å². The number of amides is 1. The number of benzene rings is 1. The van der Waals surface area contributed by atoms with Gasteiger partial charge in [0.2, 0.25) is 0 Å². The number of rotatable bonds is 4. The van der Waals surface area contributed by atoms with E-state index in [1.54, 1.807) is 25.1 Å². The van der Waals surface area contributed by atoms with E-state index in [9.17, 15) is 4.79 Å². The summed E-state index contributed by atoms with van der Waals surface area (Å²) >= 11 is 11.9. The molecule has 0 aliphatic carbocycles. The molecular formula is C14H13Cl2NO2. The minimum atomic E-state index is -0.288. The molecule has 5 heteroatoms. The maximum Gasteiger partial charge on any atom is 0.287 e. The van der Waals surface area contributed by atoms with Gasteiger partial charge in [0.25, 0.3) is 5.91 Å². The highest BCUT2D eigenvalue weighted by molar-refractivity contribution is 6.31. The van der Waals surface area contributed by atoms with Crippen LogP contribution in [0.5, 0.6) is 0 Å². The number of alkyl halides is 1. The summed E-state index contributed by atoms with van der Waals surface area (Å²) < 4.78 is 5.35. The molecule has 0 saturated carbocycles. The lowest BCUT2D eigenvalue weighted by molar-refractivity contribution is 0.0921. The van der Waals surface area contributed by atoms with Crippen molar-refractivity contribution < 1.29 is 9.21 Å². The Morgan fingerprint density at radius 3 is 2.68 bits per heavy atom. The zero-order valence-corrected chi connectivity index (χ0v) is 11.8. The first-order valence-electron chi connectivity index (χ1n) is 5.83. The SMILES string of the molecule is CC(Cl)c1ccc(C(=O)NCc2ccccc2Cl)o1. The quantitative estimate of drug-likeness (QED) is 0.861. The zero-order chi connectivity index (χ0) is 13.8. The highest BCUT2D eigenvalue weighted by Crippen LogP contribution is 2.21. The topological polar surface area (TPSA) is 42.2 Å². The fourth-order valence-electron chi connectivity index (χ4n) is 1.59. The van der Waals surface area contributed by atoms with E-state index >= 15 is 0 Å². The Kier molecular flexibility index (Phi) is 4.51. The first kappa shape index (κ1) is 14.0. The van der Waals surface area contributed by atoms with Gasteiger partial charge in [0.15, 0.2) is 5.76 Å². The Morgan fingerprint density at radius 2 is 2.05 bits per heavy atom. The van der Waals surface area contributed by atoms with Crippen LogP contribution in [-0.4, -0.2) is 5.91 Å². The Balaban J connectivity index is 1.99. The zero-order valence-electron chi connectivity index (χ0n) is 10.3. The van der Waals surface area contributed by atoms with Crippen LogP contribution < -0.4 is 5.32 Å². The molecule has 1 N–H and O–H groups in total. The molecule has 1 aromatic carbocycles. The van der Waals surface area contributed by atoms with E-state index in [2.05, 4.69) is 5.32 Å². The first-order valence-corrected chi connectivity index (χ1v) is 6.65. The van der Waals surface area contributed by atoms with Gasteiger partial charge in [-0.25, -0.2) is 0 Å². The summed E-state index contributed by atoms with van der Waals surface area (Å²) in [6.45, 7) is 2.14. The van der Waals surface area contributed by atoms with Crippen LogP contribution in [0.2, 0.25) is 5.02 Å². The molecule has 2 aromatic rings. The Bertz CT molecular complexity index is 578. The van der Waals surface area contributed by atoms with E-state index in [-0.39, 0.29) is 17.0 Å². The number of halogens is 2. The van der Waals surface area contributed by atoms with Gasteiger partial charge in [-0.15, -0.1) is 11.6 Å². The van der Waals surface area contributed by atoms with Crippen LogP contribution in [0.25, 0.3) is 0 Å². The fourth-order valence-corrected chi connectivity index (χ4v) is 1.91. The molecule has 1 aromatic heterocycles. The standard InChI is InChI=1S/C14H13Cl2NO2/c1-9(15)12-6-7-13(19-12)14(18)17-8-10-4-2-3-5-11(10)16/h2-7,9H,8H2,1H3,(H,17,18). The maximum atomic E-state index is 11.9. The third kappa shape index (κ3) is 3.52. The molecular weight excluding hydrogens is 285 g/mol. The smallest absolute Gasteiger partial charge is 0.287 e. The number of furan rings is 1. The molecule has 1 unspecified atom stereocenters. The van der Waals surface area contributed by atoms with Gasteiger partial charge in [-0.3, -0.25) is 4.79 Å². The van der Waals surface area contributed by atoms with Crippen molar-refractivity contribution in [1.82, 2.24) is 5.32 Å². The lowest BCUT2D eigenvalue weighted by atomic mass is 10.2. The predicted molar refractivity (Wildman–Crippen MR) is 75.6 cm³/mol. The van der Waals surface area contributed by atoms with Crippen LogP contribution in [0.4, 0.5) is 0 Å². The summed E-state index contributed by atoms with van der Waals surface area (Å²) in [6.07, 6.45) is 0. The van der Waals surface area contributed by atoms with E-state index in [0.717, 1.165) is 5.56 Å². The fraction of sp³-hybridized carbons (Fsp3) is 0.214. The van der Waals surface area contributed by atoms with Crippen molar-refractivity contribution in [2.24, 2.45) is 0 Å². The van der Waals surface area contributed by atoms with E-state index in [0.29, 0.717) is 17.3 Å². The van der Waals surface area contributed by atoms with E-state index in [1.807, 2.05) is 18.2 Å². The van der Waals surface area contributed by atoms with Crippen LogP contribution in [-0.2, 0) is 6.54 Å². The van der Waals surface area contributed by atoms with Crippen molar-refractivity contribution in [3.63, 3.8) is 0 Å². The Morgan fingerprint density at radius 1 is 1.32 bits per heavy atom. The van der Waals surface area contributed by atoms with Crippen molar-refractivity contribution in [1.29, 1.82) is 0 Å². The molecule has 3 nitrogen and oxygen atoms in total. The second-order valence-electron chi connectivity index (χ2n) is 4.09. The summed E-state index contributed by atoms with van der Waals surface area (Å²) in [6, 6.07) is 10.7. The van der Waals surface area contributed by atoms with Gasteiger partial charge in [0.1, 0.15) is 5.76 Å². The molecule has 1 heterocycles. The summed E-state index contributed by atoms with van der Waals surface area (Å²) in [5.74, 6) is 0.530. The second kappa shape index (κ2) is 6.13. The third-order valence-corrected chi connectivity index (χ3v) is 3.22. The van der Waals surface area contributed by atoms with Crippen LogP contribution in [0, 0.1) is 0 Å². The lowest BCUT2D eigenvalue weighted by Crippen LogP contribution is -2.22. The first-order chi connectivity index (χ1) is 9.08. The summed E-state index contributed by atoms with van der Waals surface area (Å²) in [7, 11) is 0. The summed E-state index contributed by atoms with van der Waals surface area (Å²) in [5, 5.41) is 3.11. The van der Waals surface area contributed by atoms with Crippen molar-refractivity contribution in [3.8, 4) is 0 Å². The van der Waals surface area contributed by atoms with Crippen molar-refractivity contribution in [3.05, 3.63) is 58.5 Å². The molecule has 1 amide bonds. The molecule has 100 valence electrons. The van der Waals surface area contributed by atoms with E-state index in [4.69, 9.17) is 27.6 Å². The Hall–Kier alpha value is -1.45. The number of hydrogen-bond donors (Lipinski definition) is 1.